The monoisotopic (exact) mass is 263 g/mol. The first kappa shape index (κ1) is 14.2. The van der Waals surface area contributed by atoms with Crippen molar-refractivity contribution < 1.29 is 9.84 Å². The summed E-state index contributed by atoms with van der Waals surface area (Å²) in [7, 11) is 1.68. The second-order valence-electron chi connectivity index (χ2n) is 5.53. The summed E-state index contributed by atoms with van der Waals surface area (Å²) in [5.74, 6) is 0.845. The Morgan fingerprint density at radius 3 is 2.37 bits per heavy atom. The van der Waals surface area contributed by atoms with Crippen molar-refractivity contribution in [1.29, 1.82) is 0 Å². The van der Waals surface area contributed by atoms with E-state index in [2.05, 4.69) is 5.32 Å². The predicted molar refractivity (Wildman–Crippen MR) is 78.8 cm³/mol. The Morgan fingerprint density at radius 1 is 1.11 bits per heavy atom. The smallest absolute Gasteiger partial charge is 0.141 e. The number of aliphatic hydroxyl groups excluding tert-OH is 1. The second kappa shape index (κ2) is 6.80. The Labute approximate surface area is 116 Å². The normalized spacial score (nSPS) is 19.3. The molecule has 0 aromatic heterocycles. The van der Waals surface area contributed by atoms with E-state index in [-0.39, 0.29) is 12.1 Å². The first-order valence-electron chi connectivity index (χ1n) is 7.32. The number of ether oxygens (including phenoxy) is 1. The van der Waals surface area contributed by atoms with Gasteiger partial charge in [-0.25, -0.2) is 0 Å². The number of anilines is 1. The lowest BCUT2D eigenvalue weighted by Gasteiger charge is -2.36. The van der Waals surface area contributed by atoms with Crippen molar-refractivity contribution in [2.45, 2.75) is 50.5 Å². The Hall–Kier alpha value is -1.22. The Kier molecular flexibility index (Phi) is 5.08. The van der Waals surface area contributed by atoms with Crippen LogP contribution < -0.4 is 10.1 Å². The zero-order chi connectivity index (χ0) is 13.6. The van der Waals surface area contributed by atoms with E-state index in [4.69, 9.17) is 4.74 Å². The predicted octanol–water partition coefficient (Wildman–Crippen LogP) is 3.58. The van der Waals surface area contributed by atoms with Gasteiger partial charge < -0.3 is 15.2 Å². The molecule has 1 fully saturated rings. The van der Waals surface area contributed by atoms with Crippen LogP contribution in [0.1, 0.15) is 44.9 Å². The molecule has 0 bridgehead atoms. The second-order valence-corrected chi connectivity index (χ2v) is 5.53. The largest absolute Gasteiger partial charge is 0.495 e. The Bertz CT molecular complexity index is 384. The highest BCUT2D eigenvalue weighted by Crippen LogP contribution is 2.33. The fourth-order valence-corrected chi connectivity index (χ4v) is 2.94. The molecule has 1 aliphatic carbocycles. The maximum atomic E-state index is 9.88. The zero-order valence-electron chi connectivity index (χ0n) is 11.8. The van der Waals surface area contributed by atoms with Crippen LogP contribution in [0.2, 0.25) is 0 Å². The fourth-order valence-electron chi connectivity index (χ4n) is 2.94. The van der Waals surface area contributed by atoms with Gasteiger partial charge in [0.2, 0.25) is 0 Å². The van der Waals surface area contributed by atoms with Crippen LogP contribution in [0.4, 0.5) is 5.69 Å². The summed E-state index contributed by atoms with van der Waals surface area (Å²) in [4.78, 5) is 0. The minimum atomic E-state index is -0.185. The summed E-state index contributed by atoms with van der Waals surface area (Å²) in [5, 5.41) is 13.4. The number of hydrogen-bond donors (Lipinski definition) is 2. The number of methoxy groups -OCH3 is 1. The highest BCUT2D eigenvalue weighted by Gasteiger charge is 2.30. The summed E-state index contributed by atoms with van der Waals surface area (Å²) in [6.45, 7) is 0.186. The topological polar surface area (TPSA) is 41.5 Å². The standard InChI is InChI=1S/C16H25NO2/c1-19-15-10-6-5-9-14(15)17-16(13-18)11-7-3-2-4-8-12-16/h5-6,9-10,17-18H,2-4,7-8,11-13H2,1H3. The molecule has 0 saturated heterocycles. The summed E-state index contributed by atoms with van der Waals surface area (Å²) in [6.07, 6.45) is 8.30. The molecular weight excluding hydrogens is 238 g/mol. The molecule has 0 amide bonds. The first-order chi connectivity index (χ1) is 9.29. The lowest BCUT2D eigenvalue weighted by atomic mass is 9.84. The number of benzene rings is 1. The molecule has 1 saturated carbocycles. The Balaban J connectivity index is 2.15. The molecule has 2 rings (SSSR count). The molecule has 0 spiro atoms. The molecule has 1 aliphatic rings. The molecule has 19 heavy (non-hydrogen) atoms. The van der Waals surface area contributed by atoms with Gasteiger partial charge in [-0.2, -0.15) is 0 Å². The third-order valence-corrected chi connectivity index (χ3v) is 4.12. The third kappa shape index (κ3) is 3.63. The van der Waals surface area contributed by atoms with Crippen molar-refractivity contribution in [1.82, 2.24) is 0 Å². The molecule has 2 N–H and O–H groups in total. The van der Waals surface area contributed by atoms with Gasteiger partial charge in [0.25, 0.3) is 0 Å². The summed E-state index contributed by atoms with van der Waals surface area (Å²) in [6, 6.07) is 7.94. The number of rotatable bonds is 4. The van der Waals surface area contributed by atoms with E-state index in [1.54, 1.807) is 7.11 Å². The molecular formula is C16H25NO2. The molecule has 0 heterocycles. The van der Waals surface area contributed by atoms with Crippen molar-refractivity contribution in [3.8, 4) is 5.75 Å². The van der Waals surface area contributed by atoms with E-state index in [0.29, 0.717) is 0 Å². The molecule has 106 valence electrons. The van der Waals surface area contributed by atoms with Crippen LogP contribution in [0.15, 0.2) is 24.3 Å². The van der Waals surface area contributed by atoms with Crippen molar-refractivity contribution in [3.05, 3.63) is 24.3 Å². The summed E-state index contributed by atoms with van der Waals surface area (Å²) < 4.78 is 5.39. The van der Waals surface area contributed by atoms with Crippen LogP contribution in [0.25, 0.3) is 0 Å². The average Bonchev–Trinajstić information content (AvgIpc) is 2.42. The Morgan fingerprint density at radius 2 is 1.74 bits per heavy atom. The fraction of sp³-hybridized carbons (Fsp3) is 0.625. The van der Waals surface area contributed by atoms with Crippen LogP contribution in [0.3, 0.4) is 0 Å². The molecule has 3 heteroatoms. The summed E-state index contributed by atoms with van der Waals surface area (Å²) in [5.41, 5.74) is 0.800. The average molecular weight is 263 g/mol. The quantitative estimate of drug-likeness (QED) is 0.872. The van der Waals surface area contributed by atoms with Gasteiger partial charge in [0, 0.05) is 0 Å². The highest BCUT2D eigenvalue weighted by molar-refractivity contribution is 5.57. The number of hydrogen-bond acceptors (Lipinski definition) is 3. The van der Waals surface area contributed by atoms with E-state index >= 15 is 0 Å². The van der Waals surface area contributed by atoms with E-state index in [9.17, 15) is 5.11 Å². The minimum absolute atomic E-state index is 0.185. The van der Waals surface area contributed by atoms with Crippen LogP contribution in [-0.4, -0.2) is 24.4 Å². The van der Waals surface area contributed by atoms with Crippen molar-refractivity contribution in [2.24, 2.45) is 0 Å². The molecule has 0 aliphatic heterocycles. The van der Waals surface area contributed by atoms with Gasteiger partial charge in [0.05, 0.1) is 24.9 Å². The highest BCUT2D eigenvalue weighted by atomic mass is 16.5. The van der Waals surface area contributed by atoms with Crippen LogP contribution in [0.5, 0.6) is 5.75 Å². The maximum Gasteiger partial charge on any atom is 0.141 e. The molecule has 3 nitrogen and oxygen atoms in total. The zero-order valence-corrected chi connectivity index (χ0v) is 11.8. The lowest BCUT2D eigenvalue weighted by Crippen LogP contribution is -2.42. The van der Waals surface area contributed by atoms with Crippen LogP contribution in [-0.2, 0) is 0 Å². The number of para-hydroxylation sites is 2. The van der Waals surface area contributed by atoms with Gasteiger partial charge in [-0.05, 0) is 25.0 Å². The van der Waals surface area contributed by atoms with E-state index in [1.165, 1.54) is 32.1 Å². The van der Waals surface area contributed by atoms with Gasteiger partial charge >= 0.3 is 0 Å². The van der Waals surface area contributed by atoms with E-state index < -0.39 is 0 Å². The molecule has 0 unspecified atom stereocenters. The van der Waals surface area contributed by atoms with Gasteiger partial charge in [0.15, 0.2) is 0 Å². The molecule has 1 aromatic rings. The van der Waals surface area contributed by atoms with Gasteiger partial charge in [-0.15, -0.1) is 0 Å². The number of aliphatic hydroxyl groups is 1. The van der Waals surface area contributed by atoms with E-state index in [1.807, 2.05) is 24.3 Å². The van der Waals surface area contributed by atoms with Crippen molar-refractivity contribution in [3.63, 3.8) is 0 Å². The minimum Gasteiger partial charge on any atom is -0.495 e. The lowest BCUT2D eigenvalue weighted by molar-refractivity contribution is 0.182. The molecule has 0 radical (unpaired) electrons. The van der Waals surface area contributed by atoms with Gasteiger partial charge in [-0.1, -0.05) is 44.2 Å². The first-order valence-corrected chi connectivity index (χ1v) is 7.32. The number of nitrogens with one attached hydrogen (secondary N) is 1. The van der Waals surface area contributed by atoms with Crippen molar-refractivity contribution in [2.75, 3.05) is 19.0 Å². The van der Waals surface area contributed by atoms with E-state index in [0.717, 1.165) is 24.3 Å². The van der Waals surface area contributed by atoms with Gasteiger partial charge in [0.1, 0.15) is 5.75 Å². The third-order valence-electron chi connectivity index (χ3n) is 4.12. The SMILES string of the molecule is COc1ccccc1NC1(CO)CCCCCCC1. The molecule has 0 atom stereocenters. The molecule has 1 aromatic carbocycles. The van der Waals surface area contributed by atoms with Crippen molar-refractivity contribution >= 4 is 5.69 Å². The van der Waals surface area contributed by atoms with Crippen LogP contribution in [0, 0.1) is 0 Å². The maximum absolute atomic E-state index is 9.88. The van der Waals surface area contributed by atoms with Crippen LogP contribution >= 0.6 is 0 Å². The summed E-state index contributed by atoms with van der Waals surface area (Å²) >= 11 is 0. The van der Waals surface area contributed by atoms with Gasteiger partial charge in [-0.3, -0.25) is 0 Å².